The number of nitrogens with two attached hydrogens (primary N) is 1. The van der Waals surface area contributed by atoms with Gasteiger partial charge in [-0.3, -0.25) is 0 Å². The van der Waals surface area contributed by atoms with Gasteiger partial charge in [-0.2, -0.15) is 0 Å². The molecule has 1 fully saturated rings. The molecule has 0 spiro atoms. The van der Waals surface area contributed by atoms with Crippen LogP contribution in [0, 0.1) is 0 Å². The van der Waals surface area contributed by atoms with Crippen molar-refractivity contribution in [3.05, 3.63) is 28.3 Å². The number of benzene rings is 1. The summed E-state index contributed by atoms with van der Waals surface area (Å²) in [4.78, 5) is 0. The van der Waals surface area contributed by atoms with Crippen molar-refractivity contribution in [1.82, 2.24) is 0 Å². The predicted octanol–water partition coefficient (Wildman–Crippen LogP) is 3.29. The smallest absolute Gasteiger partial charge is 0.123 e. The number of rotatable bonds is 4. The van der Waals surface area contributed by atoms with Crippen LogP contribution in [0.1, 0.15) is 37.8 Å². The fraction of sp³-hybridized carbons (Fsp3) is 0.571. The molecule has 0 aliphatic heterocycles. The Bertz CT molecular complexity index is 424. The number of methoxy groups -OCH3 is 1. The van der Waals surface area contributed by atoms with Gasteiger partial charge in [-0.15, -0.1) is 0 Å². The molecule has 0 bridgehead atoms. The Balaban J connectivity index is 2.47. The molecule has 0 saturated heterocycles. The lowest BCUT2D eigenvalue weighted by molar-refractivity contribution is 0.408. The number of halogens is 1. The van der Waals surface area contributed by atoms with Crippen molar-refractivity contribution in [2.45, 2.75) is 44.6 Å². The van der Waals surface area contributed by atoms with Gasteiger partial charge in [-0.1, -0.05) is 18.5 Å². The molecule has 0 heterocycles. The molecule has 1 aliphatic rings. The summed E-state index contributed by atoms with van der Waals surface area (Å²) in [5, 5.41) is 0.800. The van der Waals surface area contributed by atoms with Gasteiger partial charge in [0.2, 0.25) is 0 Å². The topological polar surface area (TPSA) is 35.2 Å². The first kappa shape index (κ1) is 12.7. The van der Waals surface area contributed by atoms with Gasteiger partial charge in [0, 0.05) is 22.0 Å². The summed E-state index contributed by atoms with van der Waals surface area (Å²) in [7, 11) is 1.69. The van der Waals surface area contributed by atoms with Crippen LogP contribution in [0.3, 0.4) is 0 Å². The van der Waals surface area contributed by atoms with Gasteiger partial charge in [0.15, 0.2) is 0 Å². The lowest BCUT2D eigenvalue weighted by Gasteiger charge is -2.22. The van der Waals surface area contributed by atoms with Crippen molar-refractivity contribution >= 4 is 11.6 Å². The highest BCUT2D eigenvalue weighted by Gasteiger charge is 2.47. The molecule has 2 N–H and O–H groups in total. The second kappa shape index (κ2) is 4.51. The molecule has 94 valence electrons. The van der Waals surface area contributed by atoms with E-state index in [1.807, 2.05) is 0 Å². The number of ether oxygens (including phenoxy) is 1. The van der Waals surface area contributed by atoms with Gasteiger partial charge in [0.05, 0.1) is 7.11 Å². The first-order chi connectivity index (χ1) is 8.05. The van der Waals surface area contributed by atoms with Crippen molar-refractivity contribution < 1.29 is 4.74 Å². The van der Waals surface area contributed by atoms with Crippen LogP contribution in [0.25, 0.3) is 0 Å². The van der Waals surface area contributed by atoms with Crippen LogP contribution < -0.4 is 10.5 Å². The maximum atomic E-state index is 6.33. The standard InChI is InChI=1S/C14H20ClNO/c1-4-11-12(15)7-10(8-13(11)17-3)14(5-6-14)9(2)16/h7-9H,4-6,16H2,1-3H3. The molecule has 1 saturated carbocycles. The van der Waals surface area contributed by atoms with E-state index in [1.165, 1.54) is 5.56 Å². The van der Waals surface area contributed by atoms with Crippen molar-refractivity contribution in [1.29, 1.82) is 0 Å². The zero-order valence-corrected chi connectivity index (χ0v) is 11.5. The normalized spacial score (nSPS) is 18.9. The van der Waals surface area contributed by atoms with Crippen LogP contribution in [-0.4, -0.2) is 13.2 Å². The minimum absolute atomic E-state index is 0.128. The highest BCUT2D eigenvalue weighted by Crippen LogP contribution is 2.52. The molecule has 17 heavy (non-hydrogen) atoms. The first-order valence-electron chi connectivity index (χ1n) is 6.17. The summed E-state index contributed by atoms with van der Waals surface area (Å²) in [6.07, 6.45) is 3.18. The van der Waals surface area contributed by atoms with E-state index in [0.29, 0.717) is 0 Å². The third kappa shape index (κ3) is 2.04. The second-order valence-electron chi connectivity index (χ2n) is 4.94. The van der Waals surface area contributed by atoms with E-state index >= 15 is 0 Å². The van der Waals surface area contributed by atoms with E-state index < -0.39 is 0 Å². The molecule has 1 unspecified atom stereocenters. The third-order valence-electron chi connectivity index (χ3n) is 3.96. The van der Waals surface area contributed by atoms with Gasteiger partial charge in [0.25, 0.3) is 0 Å². The Morgan fingerprint density at radius 1 is 1.47 bits per heavy atom. The minimum Gasteiger partial charge on any atom is -0.496 e. The molecule has 1 atom stereocenters. The summed E-state index contributed by atoms with van der Waals surface area (Å²) in [5.41, 5.74) is 8.53. The monoisotopic (exact) mass is 253 g/mol. The van der Waals surface area contributed by atoms with E-state index in [9.17, 15) is 0 Å². The summed E-state index contributed by atoms with van der Waals surface area (Å²) in [6.45, 7) is 4.16. The zero-order chi connectivity index (χ0) is 12.6. The van der Waals surface area contributed by atoms with Gasteiger partial charge >= 0.3 is 0 Å². The van der Waals surface area contributed by atoms with Crippen LogP contribution in [0.4, 0.5) is 0 Å². The lowest BCUT2D eigenvalue weighted by Crippen LogP contribution is -2.31. The van der Waals surface area contributed by atoms with Crippen molar-refractivity contribution in [3.8, 4) is 5.75 Å². The average Bonchev–Trinajstić information content (AvgIpc) is 3.08. The van der Waals surface area contributed by atoms with Gasteiger partial charge in [-0.05, 0) is 43.9 Å². The van der Waals surface area contributed by atoms with E-state index in [4.69, 9.17) is 22.1 Å². The van der Waals surface area contributed by atoms with Crippen molar-refractivity contribution in [2.75, 3.05) is 7.11 Å². The lowest BCUT2D eigenvalue weighted by atomic mass is 9.88. The molecule has 0 amide bonds. The number of hydrogen-bond donors (Lipinski definition) is 1. The maximum absolute atomic E-state index is 6.33. The SMILES string of the molecule is CCc1c(Cl)cc(C2(C(C)N)CC2)cc1OC. The maximum Gasteiger partial charge on any atom is 0.123 e. The Hall–Kier alpha value is -0.730. The molecule has 2 rings (SSSR count). The quantitative estimate of drug-likeness (QED) is 0.894. The molecule has 0 aromatic heterocycles. The minimum atomic E-state index is 0.128. The van der Waals surface area contributed by atoms with Gasteiger partial charge in [-0.25, -0.2) is 0 Å². The summed E-state index contributed by atoms with van der Waals surface area (Å²) in [6, 6.07) is 4.34. The van der Waals surface area contributed by atoms with Crippen molar-refractivity contribution in [3.63, 3.8) is 0 Å². The molecule has 3 heteroatoms. The van der Waals surface area contributed by atoms with Crippen LogP contribution in [-0.2, 0) is 11.8 Å². The van der Waals surface area contributed by atoms with Crippen LogP contribution in [0.15, 0.2) is 12.1 Å². The summed E-state index contributed by atoms with van der Waals surface area (Å²) >= 11 is 6.33. The highest BCUT2D eigenvalue weighted by molar-refractivity contribution is 6.31. The largest absolute Gasteiger partial charge is 0.496 e. The summed E-state index contributed by atoms with van der Waals surface area (Å²) < 4.78 is 5.44. The molecular formula is C14H20ClNO. The van der Waals surface area contributed by atoms with Gasteiger partial charge < -0.3 is 10.5 Å². The molecular weight excluding hydrogens is 234 g/mol. The van der Waals surface area contributed by atoms with E-state index in [-0.39, 0.29) is 11.5 Å². The fourth-order valence-corrected chi connectivity index (χ4v) is 2.91. The molecule has 0 radical (unpaired) electrons. The number of hydrogen-bond acceptors (Lipinski definition) is 2. The first-order valence-corrected chi connectivity index (χ1v) is 6.55. The second-order valence-corrected chi connectivity index (χ2v) is 5.34. The van der Waals surface area contributed by atoms with E-state index in [0.717, 1.165) is 35.6 Å². The van der Waals surface area contributed by atoms with Crippen LogP contribution in [0.2, 0.25) is 5.02 Å². The summed E-state index contributed by atoms with van der Waals surface area (Å²) in [5.74, 6) is 0.891. The fourth-order valence-electron chi connectivity index (χ4n) is 2.57. The molecule has 1 aromatic carbocycles. The molecule has 1 aromatic rings. The Labute approximate surface area is 108 Å². The van der Waals surface area contributed by atoms with Crippen molar-refractivity contribution in [2.24, 2.45) is 5.73 Å². The Morgan fingerprint density at radius 3 is 2.53 bits per heavy atom. The Morgan fingerprint density at radius 2 is 2.12 bits per heavy atom. The average molecular weight is 254 g/mol. The zero-order valence-electron chi connectivity index (χ0n) is 10.7. The molecule has 2 nitrogen and oxygen atoms in total. The van der Waals surface area contributed by atoms with E-state index in [1.54, 1.807) is 7.11 Å². The van der Waals surface area contributed by atoms with Crippen LogP contribution in [0.5, 0.6) is 5.75 Å². The predicted molar refractivity (Wildman–Crippen MR) is 71.9 cm³/mol. The van der Waals surface area contributed by atoms with E-state index in [2.05, 4.69) is 26.0 Å². The van der Waals surface area contributed by atoms with Crippen LogP contribution >= 0.6 is 11.6 Å². The van der Waals surface area contributed by atoms with Gasteiger partial charge in [0.1, 0.15) is 5.75 Å². The highest BCUT2D eigenvalue weighted by atomic mass is 35.5. The Kier molecular flexibility index (Phi) is 3.37. The molecule has 1 aliphatic carbocycles. The third-order valence-corrected chi connectivity index (χ3v) is 4.30.